The van der Waals surface area contributed by atoms with Crippen LogP contribution in [0.4, 0.5) is 0 Å². The summed E-state index contributed by atoms with van der Waals surface area (Å²) >= 11 is 6.01. The summed E-state index contributed by atoms with van der Waals surface area (Å²) in [4.78, 5) is 3.58. The quantitative estimate of drug-likeness (QED) is 0.748. The molecule has 0 amide bonds. The Morgan fingerprint density at radius 3 is 2.73 bits per heavy atom. The van der Waals surface area contributed by atoms with Crippen molar-refractivity contribution in [2.45, 2.75) is 12.5 Å². The number of hydrogen-bond acceptors (Lipinski definition) is 2. The SMILES string of the molecule is COc1ccc2[nH]c3c(c2c1)CCNC3c1ccc(Cl)cc1. The molecule has 4 rings (SSSR count). The minimum atomic E-state index is 0.180. The smallest absolute Gasteiger partial charge is 0.119 e. The maximum Gasteiger partial charge on any atom is 0.119 e. The molecule has 22 heavy (non-hydrogen) atoms. The van der Waals surface area contributed by atoms with E-state index < -0.39 is 0 Å². The maximum absolute atomic E-state index is 6.01. The number of rotatable bonds is 2. The first-order valence-electron chi connectivity index (χ1n) is 7.43. The summed E-state index contributed by atoms with van der Waals surface area (Å²) in [6.45, 7) is 0.963. The summed E-state index contributed by atoms with van der Waals surface area (Å²) in [5, 5.41) is 5.62. The molecule has 0 radical (unpaired) electrons. The Morgan fingerprint density at radius 1 is 1.14 bits per heavy atom. The van der Waals surface area contributed by atoms with Crippen molar-refractivity contribution in [3.8, 4) is 5.75 Å². The molecule has 0 fully saturated rings. The van der Waals surface area contributed by atoms with Gasteiger partial charge in [0, 0.05) is 28.2 Å². The van der Waals surface area contributed by atoms with Gasteiger partial charge in [0.15, 0.2) is 0 Å². The molecule has 1 atom stereocenters. The van der Waals surface area contributed by atoms with Gasteiger partial charge in [-0.2, -0.15) is 0 Å². The van der Waals surface area contributed by atoms with Crippen molar-refractivity contribution in [2.24, 2.45) is 0 Å². The van der Waals surface area contributed by atoms with Crippen LogP contribution in [0.3, 0.4) is 0 Å². The lowest BCUT2D eigenvalue weighted by atomic mass is 9.94. The number of halogens is 1. The summed E-state index contributed by atoms with van der Waals surface area (Å²) in [5.41, 5.74) is 5.02. The molecule has 0 spiro atoms. The van der Waals surface area contributed by atoms with Crippen LogP contribution in [-0.4, -0.2) is 18.6 Å². The minimum absolute atomic E-state index is 0.180. The van der Waals surface area contributed by atoms with E-state index in [1.165, 1.54) is 22.2 Å². The molecule has 1 aromatic heterocycles. The number of H-pyrrole nitrogens is 1. The van der Waals surface area contributed by atoms with Crippen LogP contribution in [-0.2, 0) is 6.42 Å². The van der Waals surface area contributed by atoms with Crippen LogP contribution in [0.1, 0.15) is 22.9 Å². The van der Waals surface area contributed by atoms with E-state index in [0.29, 0.717) is 0 Å². The lowest BCUT2D eigenvalue weighted by Crippen LogP contribution is -2.30. The number of fused-ring (bicyclic) bond motifs is 3. The Balaban J connectivity index is 1.85. The third-order valence-electron chi connectivity index (χ3n) is 4.36. The minimum Gasteiger partial charge on any atom is -0.497 e. The zero-order valence-corrected chi connectivity index (χ0v) is 13.1. The number of methoxy groups -OCH3 is 1. The average Bonchev–Trinajstić information content (AvgIpc) is 2.93. The van der Waals surface area contributed by atoms with Crippen LogP contribution < -0.4 is 10.1 Å². The fourth-order valence-corrected chi connectivity index (χ4v) is 3.40. The van der Waals surface area contributed by atoms with E-state index in [-0.39, 0.29) is 6.04 Å². The molecule has 3 aromatic rings. The summed E-state index contributed by atoms with van der Waals surface area (Å²) < 4.78 is 5.36. The third kappa shape index (κ3) is 2.18. The lowest BCUT2D eigenvalue weighted by Gasteiger charge is -2.24. The van der Waals surface area contributed by atoms with E-state index in [1.807, 2.05) is 18.2 Å². The van der Waals surface area contributed by atoms with Crippen LogP contribution in [0.25, 0.3) is 10.9 Å². The van der Waals surface area contributed by atoms with Gasteiger partial charge < -0.3 is 15.0 Å². The largest absolute Gasteiger partial charge is 0.497 e. The molecule has 112 valence electrons. The van der Waals surface area contributed by atoms with Gasteiger partial charge in [-0.1, -0.05) is 23.7 Å². The monoisotopic (exact) mass is 312 g/mol. The van der Waals surface area contributed by atoms with Gasteiger partial charge in [0.1, 0.15) is 5.75 Å². The summed E-state index contributed by atoms with van der Waals surface area (Å²) in [7, 11) is 1.71. The predicted octanol–water partition coefficient (Wildman–Crippen LogP) is 4.07. The Morgan fingerprint density at radius 2 is 1.95 bits per heavy atom. The molecule has 0 saturated carbocycles. The lowest BCUT2D eigenvalue weighted by molar-refractivity contribution is 0.415. The molecular weight excluding hydrogens is 296 g/mol. The van der Waals surface area contributed by atoms with Crippen LogP contribution >= 0.6 is 11.6 Å². The van der Waals surface area contributed by atoms with Gasteiger partial charge in [0.2, 0.25) is 0 Å². The van der Waals surface area contributed by atoms with Gasteiger partial charge in [-0.15, -0.1) is 0 Å². The summed E-state index contributed by atoms with van der Waals surface area (Å²) in [6, 6.07) is 14.4. The Labute approximate surface area is 134 Å². The number of hydrogen-bond donors (Lipinski definition) is 2. The first-order chi connectivity index (χ1) is 10.8. The van der Waals surface area contributed by atoms with E-state index in [2.05, 4.69) is 34.6 Å². The van der Waals surface area contributed by atoms with Crippen LogP contribution in [0, 0.1) is 0 Å². The van der Waals surface area contributed by atoms with Crippen LogP contribution in [0.15, 0.2) is 42.5 Å². The fourth-order valence-electron chi connectivity index (χ4n) is 3.27. The standard InChI is InChI=1S/C18H17ClN2O/c1-22-13-6-7-16-15(10-13)14-8-9-20-17(18(14)21-16)11-2-4-12(19)5-3-11/h2-7,10,17,20-21H,8-9H2,1H3. The van der Waals surface area contributed by atoms with Crippen molar-refractivity contribution in [2.75, 3.05) is 13.7 Å². The average molecular weight is 313 g/mol. The van der Waals surface area contributed by atoms with E-state index in [4.69, 9.17) is 16.3 Å². The second-order valence-corrected chi connectivity index (χ2v) is 6.05. The maximum atomic E-state index is 6.01. The van der Waals surface area contributed by atoms with Crippen molar-refractivity contribution in [3.63, 3.8) is 0 Å². The van der Waals surface area contributed by atoms with Gasteiger partial charge >= 0.3 is 0 Å². The highest BCUT2D eigenvalue weighted by atomic mass is 35.5. The first-order valence-corrected chi connectivity index (χ1v) is 7.81. The van der Waals surface area contributed by atoms with E-state index >= 15 is 0 Å². The van der Waals surface area contributed by atoms with Crippen molar-refractivity contribution in [3.05, 3.63) is 64.3 Å². The molecule has 2 N–H and O–H groups in total. The predicted molar refractivity (Wildman–Crippen MR) is 89.9 cm³/mol. The van der Waals surface area contributed by atoms with E-state index in [9.17, 15) is 0 Å². The highest BCUT2D eigenvalue weighted by Gasteiger charge is 2.25. The van der Waals surface area contributed by atoms with E-state index in [1.54, 1.807) is 7.11 Å². The van der Waals surface area contributed by atoms with E-state index in [0.717, 1.165) is 29.3 Å². The topological polar surface area (TPSA) is 37.0 Å². The molecule has 1 aliphatic heterocycles. The fraction of sp³-hybridized carbons (Fsp3) is 0.222. The van der Waals surface area contributed by atoms with Gasteiger partial charge in [-0.25, -0.2) is 0 Å². The van der Waals surface area contributed by atoms with Crippen molar-refractivity contribution in [1.29, 1.82) is 0 Å². The number of ether oxygens (including phenoxy) is 1. The Bertz CT molecular complexity index is 823. The first kappa shape index (κ1) is 13.7. The number of benzene rings is 2. The van der Waals surface area contributed by atoms with Crippen molar-refractivity contribution >= 4 is 22.5 Å². The van der Waals surface area contributed by atoms with Crippen LogP contribution in [0.5, 0.6) is 5.75 Å². The zero-order valence-electron chi connectivity index (χ0n) is 12.3. The third-order valence-corrected chi connectivity index (χ3v) is 4.61. The molecule has 3 nitrogen and oxygen atoms in total. The Hall–Kier alpha value is -1.97. The number of aromatic nitrogens is 1. The zero-order chi connectivity index (χ0) is 15.1. The van der Waals surface area contributed by atoms with Gasteiger partial charge in [-0.05, 0) is 47.9 Å². The number of nitrogens with one attached hydrogen (secondary N) is 2. The normalized spacial score (nSPS) is 17.5. The highest BCUT2D eigenvalue weighted by Crippen LogP contribution is 2.35. The molecule has 0 aliphatic carbocycles. The molecule has 2 heterocycles. The molecule has 4 heteroatoms. The molecule has 2 aromatic carbocycles. The summed E-state index contributed by atoms with van der Waals surface area (Å²) in [5.74, 6) is 0.899. The molecule has 0 bridgehead atoms. The van der Waals surface area contributed by atoms with Gasteiger partial charge in [0.25, 0.3) is 0 Å². The Kier molecular flexibility index (Phi) is 3.32. The second-order valence-electron chi connectivity index (χ2n) is 5.62. The van der Waals surface area contributed by atoms with Gasteiger partial charge in [0.05, 0.1) is 13.2 Å². The number of aromatic amines is 1. The van der Waals surface area contributed by atoms with Crippen molar-refractivity contribution in [1.82, 2.24) is 10.3 Å². The molecular formula is C18H17ClN2O. The summed E-state index contributed by atoms with van der Waals surface area (Å²) in [6.07, 6.45) is 1.02. The second kappa shape index (κ2) is 5.34. The van der Waals surface area contributed by atoms with Crippen LogP contribution in [0.2, 0.25) is 5.02 Å². The molecule has 1 aliphatic rings. The van der Waals surface area contributed by atoms with Crippen molar-refractivity contribution < 1.29 is 4.74 Å². The molecule has 0 saturated heterocycles. The molecule has 1 unspecified atom stereocenters. The highest BCUT2D eigenvalue weighted by molar-refractivity contribution is 6.30. The van der Waals surface area contributed by atoms with Gasteiger partial charge in [-0.3, -0.25) is 0 Å².